The predicted molar refractivity (Wildman–Crippen MR) is 126 cm³/mol. The molecule has 0 unspecified atom stereocenters. The van der Waals surface area contributed by atoms with Gasteiger partial charge in [0.15, 0.2) is 0 Å². The summed E-state index contributed by atoms with van der Waals surface area (Å²) in [5, 5.41) is 0. The summed E-state index contributed by atoms with van der Waals surface area (Å²) in [6.07, 6.45) is 2.76. The van der Waals surface area contributed by atoms with Gasteiger partial charge in [0.05, 0.1) is 15.5 Å². The van der Waals surface area contributed by atoms with E-state index in [1.165, 1.54) is 48.6 Å². The number of hydrogen-bond acceptors (Lipinski definition) is 5. The molecular weight excluding hydrogens is 462 g/mol. The maximum atomic E-state index is 12.8. The fraction of sp³-hybridized carbons (Fsp3) is 0.160. The quantitative estimate of drug-likeness (QED) is 0.313. The summed E-state index contributed by atoms with van der Waals surface area (Å²) in [7, 11) is -3.66. The van der Waals surface area contributed by atoms with Crippen molar-refractivity contribution in [3.05, 3.63) is 90.0 Å². The molecule has 2 N–H and O–H groups in total. The normalized spacial score (nSPS) is 11.7. The Morgan fingerprint density at radius 3 is 1.97 bits per heavy atom. The van der Waals surface area contributed by atoms with Crippen LogP contribution in [0, 0.1) is 0 Å². The smallest absolute Gasteiger partial charge is 0.387 e. The van der Waals surface area contributed by atoms with Gasteiger partial charge in [-0.25, -0.2) is 8.42 Å². The molecule has 0 fully saturated rings. The van der Waals surface area contributed by atoms with Crippen LogP contribution in [0.2, 0.25) is 0 Å². The topological polar surface area (TPSA) is 84.5 Å². The Bertz CT molecular complexity index is 1240. The number of anilines is 1. The van der Waals surface area contributed by atoms with E-state index in [-0.39, 0.29) is 15.5 Å². The van der Waals surface area contributed by atoms with E-state index in [2.05, 4.69) is 15.6 Å². The third kappa shape index (κ3) is 6.64. The van der Waals surface area contributed by atoms with Gasteiger partial charge in [-0.3, -0.25) is 15.6 Å². The van der Waals surface area contributed by atoms with E-state index >= 15 is 0 Å². The van der Waals surface area contributed by atoms with Crippen molar-refractivity contribution in [2.24, 2.45) is 0 Å². The van der Waals surface area contributed by atoms with Crippen LogP contribution in [0.25, 0.3) is 6.08 Å². The van der Waals surface area contributed by atoms with Crippen LogP contribution in [-0.2, 0) is 14.6 Å². The lowest BCUT2D eigenvalue weighted by molar-refractivity contribution is -0.116. The molecule has 1 amide bonds. The molecule has 0 bridgehead atoms. The van der Waals surface area contributed by atoms with Crippen molar-refractivity contribution in [1.29, 1.82) is 0 Å². The molecule has 3 rings (SSSR count). The largest absolute Gasteiger partial charge is 0.435 e. The van der Waals surface area contributed by atoms with Gasteiger partial charge in [0.2, 0.25) is 9.84 Å². The average molecular weight is 487 g/mol. The molecule has 0 heterocycles. The number of benzene rings is 3. The van der Waals surface area contributed by atoms with E-state index in [1.807, 2.05) is 26.0 Å². The van der Waals surface area contributed by atoms with E-state index < -0.39 is 22.4 Å². The minimum atomic E-state index is -3.66. The summed E-state index contributed by atoms with van der Waals surface area (Å²) in [6.45, 7) is 1.17. The molecule has 0 aliphatic rings. The molecule has 0 saturated heterocycles. The van der Waals surface area contributed by atoms with Gasteiger partial charge in [0, 0.05) is 6.08 Å². The van der Waals surface area contributed by atoms with E-state index in [0.717, 1.165) is 5.56 Å². The van der Waals surface area contributed by atoms with Gasteiger partial charge in [-0.1, -0.05) is 38.1 Å². The van der Waals surface area contributed by atoms with Gasteiger partial charge < -0.3 is 4.74 Å². The molecule has 3 aromatic carbocycles. The average Bonchev–Trinajstić information content (AvgIpc) is 2.82. The van der Waals surface area contributed by atoms with Crippen molar-refractivity contribution in [3.8, 4) is 5.75 Å². The number of rotatable bonds is 9. The number of alkyl halides is 2. The number of nitrogens with one attached hydrogen (secondary N) is 2. The highest BCUT2D eigenvalue weighted by Crippen LogP contribution is 2.24. The van der Waals surface area contributed by atoms with Gasteiger partial charge in [-0.15, -0.1) is 0 Å². The molecule has 34 heavy (non-hydrogen) atoms. The second kappa shape index (κ2) is 10.9. The van der Waals surface area contributed by atoms with Gasteiger partial charge in [-0.2, -0.15) is 8.78 Å². The Hall–Kier alpha value is -3.72. The van der Waals surface area contributed by atoms with Crippen molar-refractivity contribution in [2.45, 2.75) is 36.2 Å². The molecule has 3 aromatic rings. The third-order valence-corrected chi connectivity index (χ3v) is 6.67. The first-order chi connectivity index (χ1) is 16.1. The summed E-state index contributed by atoms with van der Waals surface area (Å²) in [4.78, 5) is 12.4. The maximum Gasteiger partial charge on any atom is 0.387 e. The zero-order valence-corrected chi connectivity index (χ0v) is 19.4. The summed E-state index contributed by atoms with van der Waals surface area (Å²) in [5.41, 5.74) is 7.33. The molecule has 0 saturated carbocycles. The van der Waals surface area contributed by atoms with Gasteiger partial charge in [-0.05, 0) is 71.7 Å². The van der Waals surface area contributed by atoms with Crippen molar-refractivity contribution in [1.82, 2.24) is 5.43 Å². The zero-order valence-electron chi connectivity index (χ0n) is 18.5. The second-order valence-electron chi connectivity index (χ2n) is 7.65. The molecular formula is C25H24F2N2O4S. The van der Waals surface area contributed by atoms with Crippen LogP contribution < -0.4 is 15.6 Å². The Kier molecular flexibility index (Phi) is 8.01. The predicted octanol–water partition coefficient (Wildman–Crippen LogP) is 5.40. The van der Waals surface area contributed by atoms with Crippen LogP contribution >= 0.6 is 0 Å². The minimum Gasteiger partial charge on any atom is -0.435 e. The highest BCUT2D eigenvalue weighted by Gasteiger charge is 2.17. The van der Waals surface area contributed by atoms with Gasteiger partial charge >= 0.3 is 6.61 Å². The molecule has 0 aromatic heterocycles. The third-order valence-electron chi connectivity index (χ3n) is 4.88. The zero-order chi connectivity index (χ0) is 24.7. The molecule has 0 aliphatic heterocycles. The Morgan fingerprint density at radius 1 is 0.882 bits per heavy atom. The Balaban J connectivity index is 1.57. The van der Waals surface area contributed by atoms with E-state index in [4.69, 9.17) is 0 Å². The number of halogens is 2. The second-order valence-corrected chi connectivity index (χ2v) is 9.60. The summed E-state index contributed by atoms with van der Waals surface area (Å²) < 4.78 is 54.3. The monoisotopic (exact) mass is 486 g/mol. The fourth-order valence-electron chi connectivity index (χ4n) is 2.99. The van der Waals surface area contributed by atoms with Crippen LogP contribution in [0.1, 0.15) is 30.9 Å². The first-order valence-corrected chi connectivity index (χ1v) is 11.9. The lowest BCUT2D eigenvalue weighted by Crippen LogP contribution is -2.27. The van der Waals surface area contributed by atoms with Crippen LogP contribution in [0.15, 0.2) is 88.7 Å². The lowest BCUT2D eigenvalue weighted by Gasteiger charge is -2.10. The van der Waals surface area contributed by atoms with Crippen LogP contribution in [-0.4, -0.2) is 20.9 Å². The highest BCUT2D eigenvalue weighted by molar-refractivity contribution is 7.91. The first-order valence-electron chi connectivity index (χ1n) is 10.4. The molecule has 178 valence electrons. The summed E-state index contributed by atoms with van der Waals surface area (Å²) in [5.74, 6) is -0.133. The van der Waals surface area contributed by atoms with E-state index in [0.29, 0.717) is 17.2 Å². The maximum absolute atomic E-state index is 12.8. The van der Waals surface area contributed by atoms with Crippen LogP contribution in [0.3, 0.4) is 0 Å². The van der Waals surface area contributed by atoms with Gasteiger partial charge in [0.25, 0.3) is 5.91 Å². The van der Waals surface area contributed by atoms with Crippen LogP contribution in [0.4, 0.5) is 14.5 Å². The summed E-state index contributed by atoms with van der Waals surface area (Å²) >= 11 is 0. The van der Waals surface area contributed by atoms with Crippen molar-refractivity contribution in [3.63, 3.8) is 0 Å². The number of ether oxygens (including phenoxy) is 1. The van der Waals surface area contributed by atoms with Crippen LogP contribution in [0.5, 0.6) is 5.75 Å². The van der Waals surface area contributed by atoms with E-state index in [1.54, 1.807) is 24.3 Å². The van der Waals surface area contributed by atoms with E-state index in [9.17, 15) is 22.0 Å². The SMILES string of the molecule is CC(C)c1ccc(S(=O)(=O)c2ccc(NNC(=O)/C=C/c3ccc(OC(F)F)cc3)cc2)cc1. The summed E-state index contributed by atoms with van der Waals surface area (Å²) in [6, 6.07) is 18.6. The number of amides is 1. The Labute approximate surface area is 197 Å². The minimum absolute atomic E-state index is 0.0244. The molecule has 9 heteroatoms. The number of carbonyl (C=O) groups is 1. The molecule has 0 aliphatic carbocycles. The fourth-order valence-corrected chi connectivity index (χ4v) is 4.25. The number of sulfone groups is 1. The number of carbonyl (C=O) groups excluding carboxylic acids is 1. The van der Waals surface area contributed by atoms with Crippen molar-refractivity contribution >= 4 is 27.5 Å². The lowest BCUT2D eigenvalue weighted by atomic mass is 10.0. The Morgan fingerprint density at radius 2 is 1.44 bits per heavy atom. The van der Waals surface area contributed by atoms with Gasteiger partial charge in [0.1, 0.15) is 5.75 Å². The number of hydrogen-bond donors (Lipinski definition) is 2. The van der Waals surface area contributed by atoms with Crippen molar-refractivity contribution in [2.75, 3.05) is 5.43 Å². The molecule has 6 nitrogen and oxygen atoms in total. The molecule has 0 spiro atoms. The molecule has 0 radical (unpaired) electrons. The highest BCUT2D eigenvalue weighted by atomic mass is 32.2. The standard InChI is InChI=1S/C25H24F2N2O4S/c1-17(2)19-6-12-22(13-7-19)34(31,32)23-14-8-20(9-15-23)28-29-24(30)16-5-18-3-10-21(11-4-18)33-25(26)27/h3-17,25,28H,1-2H3,(H,29,30)/b16-5+. The van der Waals surface area contributed by atoms with Crippen molar-refractivity contribution < 1.29 is 26.7 Å². The number of hydrazine groups is 1. The molecule has 0 atom stereocenters. The first kappa shape index (κ1) is 24.9.